The molecule has 1 aromatic rings. The van der Waals surface area contributed by atoms with Crippen LogP contribution in [0.1, 0.15) is 37.3 Å². The molecule has 1 atom stereocenters. The average Bonchev–Trinajstić information content (AvgIpc) is 2.82. The van der Waals surface area contributed by atoms with E-state index >= 15 is 0 Å². The van der Waals surface area contributed by atoms with E-state index in [1.807, 2.05) is 12.1 Å². The lowest BCUT2D eigenvalue weighted by atomic mass is 9.92. The van der Waals surface area contributed by atoms with Crippen molar-refractivity contribution in [2.24, 2.45) is 11.7 Å². The molecule has 3 heteroatoms. The first-order valence-electron chi connectivity index (χ1n) is 5.85. The second-order valence-corrected chi connectivity index (χ2v) is 4.47. The number of hydrogen-bond acceptors (Lipinski definition) is 3. The van der Waals surface area contributed by atoms with Crippen LogP contribution in [-0.4, -0.2) is 12.2 Å². The Morgan fingerprint density at radius 1 is 1.38 bits per heavy atom. The summed E-state index contributed by atoms with van der Waals surface area (Å²) in [4.78, 5) is 0. The average molecular weight is 221 g/mol. The van der Waals surface area contributed by atoms with Gasteiger partial charge in [0.1, 0.15) is 0 Å². The summed E-state index contributed by atoms with van der Waals surface area (Å²) in [6, 6.07) is 5.45. The lowest BCUT2D eigenvalue weighted by Crippen LogP contribution is -2.19. The summed E-state index contributed by atoms with van der Waals surface area (Å²) in [6.07, 6.45) is 4.84. The van der Waals surface area contributed by atoms with Crippen molar-refractivity contribution < 1.29 is 9.84 Å². The summed E-state index contributed by atoms with van der Waals surface area (Å²) < 4.78 is 5.09. The van der Waals surface area contributed by atoms with Crippen molar-refractivity contribution in [3.63, 3.8) is 0 Å². The number of methoxy groups -OCH3 is 1. The summed E-state index contributed by atoms with van der Waals surface area (Å²) >= 11 is 0. The molecule has 88 valence electrons. The molecule has 0 spiro atoms. The van der Waals surface area contributed by atoms with Gasteiger partial charge in [0.05, 0.1) is 7.11 Å². The fraction of sp³-hybridized carbons (Fsp3) is 0.538. The Kier molecular flexibility index (Phi) is 3.34. The summed E-state index contributed by atoms with van der Waals surface area (Å²) in [5.74, 6) is 1.20. The van der Waals surface area contributed by atoms with E-state index in [0.717, 1.165) is 18.4 Å². The molecule has 1 aliphatic rings. The summed E-state index contributed by atoms with van der Waals surface area (Å²) in [5, 5.41) is 10.0. The zero-order chi connectivity index (χ0) is 11.5. The minimum absolute atomic E-state index is 0.0717. The Morgan fingerprint density at radius 3 is 2.69 bits per heavy atom. The molecule has 3 nitrogen and oxygen atoms in total. The van der Waals surface area contributed by atoms with Crippen molar-refractivity contribution >= 4 is 0 Å². The highest BCUT2D eigenvalue weighted by atomic mass is 16.5. The molecule has 0 bridgehead atoms. The zero-order valence-electron chi connectivity index (χ0n) is 9.65. The number of nitrogens with two attached hydrogens (primary N) is 1. The molecule has 0 aromatic heterocycles. The number of rotatable bonds is 3. The van der Waals surface area contributed by atoms with Gasteiger partial charge in [0, 0.05) is 11.6 Å². The molecule has 0 radical (unpaired) electrons. The lowest BCUT2D eigenvalue weighted by Gasteiger charge is -2.21. The van der Waals surface area contributed by atoms with Crippen molar-refractivity contribution in [1.29, 1.82) is 0 Å². The van der Waals surface area contributed by atoms with Crippen molar-refractivity contribution in [3.8, 4) is 11.5 Å². The first-order chi connectivity index (χ1) is 7.74. The van der Waals surface area contributed by atoms with Crippen molar-refractivity contribution in [2.45, 2.75) is 31.7 Å². The standard InChI is InChI=1S/C13H19NO2/c1-16-11-8-4-7-10(13(11)15)12(14)9-5-2-3-6-9/h4,7-9,12,15H,2-3,5-6,14H2,1H3/t12-/m1/s1. The Labute approximate surface area is 96.2 Å². The minimum atomic E-state index is -0.0717. The van der Waals surface area contributed by atoms with Crippen LogP contribution in [-0.2, 0) is 0 Å². The van der Waals surface area contributed by atoms with E-state index in [4.69, 9.17) is 10.5 Å². The van der Waals surface area contributed by atoms with Crippen LogP contribution in [0.4, 0.5) is 0 Å². The van der Waals surface area contributed by atoms with Gasteiger partial charge in [0.15, 0.2) is 11.5 Å². The van der Waals surface area contributed by atoms with Gasteiger partial charge >= 0.3 is 0 Å². The van der Waals surface area contributed by atoms with E-state index < -0.39 is 0 Å². The number of para-hydroxylation sites is 1. The fourth-order valence-electron chi connectivity index (χ4n) is 2.54. The topological polar surface area (TPSA) is 55.5 Å². The van der Waals surface area contributed by atoms with Gasteiger partial charge in [-0.1, -0.05) is 25.0 Å². The smallest absolute Gasteiger partial charge is 0.162 e. The van der Waals surface area contributed by atoms with Crippen LogP contribution in [0.2, 0.25) is 0 Å². The van der Waals surface area contributed by atoms with Gasteiger partial charge in [-0.15, -0.1) is 0 Å². The van der Waals surface area contributed by atoms with E-state index in [9.17, 15) is 5.11 Å². The van der Waals surface area contributed by atoms with Crippen LogP contribution in [0, 0.1) is 5.92 Å². The molecule has 16 heavy (non-hydrogen) atoms. The van der Waals surface area contributed by atoms with Crippen LogP contribution in [0.5, 0.6) is 11.5 Å². The van der Waals surface area contributed by atoms with E-state index in [-0.39, 0.29) is 11.8 Å². The van der Waals surface area contributed by atoms with E-state index in [2.05, 4.69) is 0 Å². The van der Waals surface area contributed by atoms with Gasteiger partial charge in [-0.05, 0) is 24.8 Å². The second-order valence-electron chi connectivity index (χ2n) is 4.47. The third kappa shape index (κ3) is 2.00. The normalized spacial score (nSPS) is 18.6. The zero-order valence-corrected chi connectivity index (χ0v) is 9.65. The second kappa shape index (κ2) is 4.74. The molecule has 0 heterocycles. The highest BCUT2D eigenvalue weighted by molar-refractivity contribution is 5.47. The quantitative estimate of drug-likeness (QED) is 0.824. The van der Waals surface area contributed by atoms with Crippen molar-refractivity contribution in [3.05, 3.63) is 23.8 Å². The number of ether oxygens (including phenoxy) is 1. The molecule has 0 aliphatic heterocycles. The number of aromatic hydroxyl groups is 1. The van der Waals surface area contributed by atoms with E-state index in [1.165, 1.54) is 12.8 Å². The summed E-state index contributed by atoms with van der Waals surface area (Å²) in [7, 11) is 1.56. The highest BCUT2D eigenvalue weighted by Gasteiger charge is 2.25. The molecule has 3 N–H and O–H groups in total. The molecular formula is C13H19NO2. The maximum absolute atomic E-state index is 10.0. The van der Waals surface area contributed by atoms with Crippen LogP contribution in [0.3, 0.4) is 0 Å². The van der Waals surface area contributed by atoms with Crippen molar-refractivity contribution in [2.75, 3.05) is 7.11 Å². The maximum atomic E-state index is 10.0. The molecular weight excluding hydrogens is 202 g/mol. The Hall–Kier alpha value is -1.22. The number of phenolic OH excluding ortho intramolecular Hbond substituents is 1. The third-order valence-electron chi connectivity index (χ3n) is 3.52. The Morgan fingerprint density at radius 2 is 2.06 bits per heavy atom. The van der Waals surface area contributed by atoms with Crippen LogP contribution < -0.4 is 10.5 Å². The largest absolute Gasteiger partial charge is 0.504 e. The third-order valence-corrected chi connectivity index (χ3v) is 3.52. The molecule has 0 unspecified atom stereocenters. The molecule has 1 aliphatic carbocycles. The van der Waals surface area contributed by atoms with E-state index in [0.29, 0.717) is 11.7 Å². The molecule has 2 rings (SSSR count). The monoisotopic (exact) mass is 221 g/mol. The molecule has 0 saturated heterocycles. The van der Waals surface area contributed by atoms with Gasteiger partial charge in [0.25, 0.3) is 0 Å². The highest BCUT2D eigenvalue weighted by Crippen LogP contribution is 2.40. The Balaban J connectivity index is 2.25. The number of phenols is 1. The lowest BCUT2D eigenvalue weighted by molar-refractivity contribution is 0.360. The van der Waals surface area contributed by atoms with Gasteiger partial charge in [-0.3, -0.25) is 0 Å². The number of benzene rings is 1. The van der Waals surface area contributed by atoms with Gasteiger partial charge in [-0.25, -0.2) is 0 Å². The first-order valence-corrected chi connectivity index (χ1v) is 5.85. The summed E-state index contributed by atoms with van der Waals surface area (Å²) in [5.41, 5.74) is 7.02. The molecule has 1 saturated carbocycles. The first kappa shape index (κ1) is 11.3. The minimum Gasteiger partial charge on any atom is -0.504 e. The molecule has 1 aromatic carbocycles. The number of hydrogen-bond donors (Lipinski definition) is 2. The predicted molar refractivity (Wildman–Crippen MR) is 63.5 cm³/mol. The van der Waals surface area contributed by atoms with E-state index in [1.54, 1.807) is 13.2 Å². The molecule has 1 fully saturated rings. The predicted octanol–water partition coefficient (Wildman–Crippen LogP) is 2.59. The fourth-order valence-corrected chi connectivity index (χ4v) is 2.54. The Bertz CT molecular complexity index is 359. The summed E-state index contributed by atoms with van der Waals surface area (Å²) in [6.45, 7) is 0. The van der Waals surface area contributed by atoms with Crippen LogP contribution in [0.15, 0.2) is 18.2 Å². The SMILES string of the molecule is COc1cccc([C@H](N)C2CCCC2)c1O. The molecule has 0 amide bonds. The van der Waals surface area contributed by atoms with Gasteiger partial charge in [-0.2, -0.15) is 0 Å². The van der Waals surface area contributed by atoms with Crippen LogP contribution in [0.25, 0.3) is 0 Å². The van der Waals surface area contributed by atoms with Gasteiger partial charge < -0.3 is 15.6 Å². The van der Waals surface area contributed by atoms with Gasteiger partial charge in [0.2, 0.25) is 0 Å². The van der Waals surface area contributed by atoms with Crippen LogP contribution >= 0.6 is 0 Å². The van der Waals surface area contributed by atoms with Crippen molar-refractivity contribution in [1.82, 2.24) is 0 Å². The maximum Gasteiger partial charge on any atom is 0.162 e.